The molecule has 0 aliphatic carbocycles. The lowest BCUT2D eigenvalue weighted by molar-refractivity contribution is 0.104. The first-order valence-electron chi connectivity index (χ1n) is 18.0. The highest BCUT2D eigenvalue weighted by Crippen LogP contribution is 2.43. The number of methoxy groups -OCH3 is 5. The van der Waals surface area contributed by atoms with Gasteiger partial charge in [0.15, 0.2) is 23.1 Å². The second-order valence-corrected chi connectivity index (χ2v) is 15.8. The molecule has 0 aliphatic heterocycles. The molecule has 12 heteroatoms. The van der Waals surface area contributed by atoms with Crippen LogP contribution in [0.15, 0.2) is 121 Å². The van der Waals surface area contributed by atoms with Crippen molar-refractivity contribution in [3.05, 3.63) is 153 Å². The standard InChI is InChI=1S/C47H36Cl2O8S2/c1-53-36-19-13-28(42-25-26-9-6-7-10-41(26)59-42)22-33(36)30(44(50)29-23-38(55-3)47(57-5)39(24-29)56-4)14-15-31(45(51)32-16-17-35(48)43(49)46(32)52)34-21-27(12-18-37(34)54-2)40-11-8-20-58-40/h6-25,52H,1-5H3. The molecule has 0 fully saturated rings. The number of carbonyl (C=O) groups is 2. The number of fused-ring (bicyclic) bond motifs is 1. The molecule has 1 N–H and O–H groups in total. The van der Waals surface area contributed by atoms with Crippen molar-refractivity contribution in [2.45, 2.75) is 0 Å². The van der Waals surface area contributed by atoms with Gasteiger partial charge in [-0.1, -0.05) is 47.5 Å². The van der Waals surface area contributed by atoms with Gasteiger partial charge in [-0.2, -0.15) is 0 Å². The maximum Gasteiger partial charge on any atom is 0.203 e. The summed E-state index contributed by atoms with van der Waals surface area (Å²) < 4.78 is 29.6. The molecule has 0 amide bonds. The molecule has 0 spiro atoms. The van der Waals surface area contributed by atoms with Crippen LogP contribution in [-0.2, 0) is 0 Å². The van der Waals surface area contributed by atoms with Crippen molar-refractivity contribution in [1.29, 1.82) is 0 Å². The van der Waals surface area contributed by atoms with Crippen molar-refractivity contribution < 1.29 is 38.4 Å². The number of allylic oxidation sites excluding steroid dienone is 4. The van der Waals surface area contributed by atoms with Gasteiger partial charge in [-0.25, -0.2) is 0 Å². The van der Waals surface area contributed by atoms with Crippen molar-refractivity contribution in [3.63, 3.8) is 0 Å². The largest absolute Gasteiger partial charge is 0.506 e. The Hall–Kier alpha value is -6.04. The van der Waals surface area contributed by atoms with Crippen molar-refractivity contribution >= 4 is 78.7 Å². The summed E-state index contributed by atoms with van der Waals surface area (Å²) in [5.41, 5.74) is 2.86. The predicted molar refractivity (Wildman–Crippen MR) is 239 cm³/mol. The van der Waals surface area contributed by atoms with E-state index in [1.807, 2.05) is 60.0 Å². The number of hydrogen-bond donors (Lipinski definition) is 1. The van der Waals surface area contributed by atoms with Crippen LogP contribution in [0.4, 0.5) is 0 Å². The van der Waals surface area contributed by atoms with Crippen LogP contribution in [-0.4, -0.2) is 52.2 Å². The predicted octanol–water partition coefficient (Wildman–Crippen LogP) is 12.6. The third-order valence-corrected chi connectivity index (χ3v) is 12.5. The summed E-state index contributed by atoms with van der Waals surface area (Å²) in [6.45, 7) is 0. The fourth-order valence-electron chi connectivity index (χ4n) is 6.69. The molecule has 0 aliphatic rings. The maximum atomic E-state index is 15.1. The van der Waals surface area contributed by atoms with E-state index in [4.69, 9.17) is 46.9 Å². The number of phenolic OH excluding ortho intramolecular Hbond substituents is 1. The van der Waals surface area contributed by atoms with E-state index < -0.39 is 17.3 Å². The van der Waals surface area contributed by atoms with Crippen LogP contribution < -0.4 is 23.7 Å². The molecule has 2 aromatic heterocycles. The van der Waals surface area contributed by atoms with Gasteiger partial charge in [0, 0.05) is 42.3 Å². The first kappa shape index (κ1) is 41.1. The van der Waals surface area contributed by atoms with Crippen LogP contribution in [0.1, 0.15) is 31.8 Å². The summed E-state index contributed by atoms with van der Waals surface area (Å²) in [6.07, 6.45) is 3.11. The van der Waals surface area contributed by atoms with Gasteiger partial charge in [-0.05, 0) is 113 Å². The lowest BCUT2D eigenvalue weighted by Gasteiger charge is -2.17. The fraction of sp³-hybridized carbons (Fsp3) is 0.106. The second kappa shape index (κ2) is 17.8. The van der Waals surface area contributed by atoms with E-state index >= 15 is 4.79 Å². The first-order chi connectivity index (χ1) is 28.6. The molecule has 5 aromatic carbocycles. The summed E-state index contributed by atoms with van der Waals surface area (Å²) >= 11 is 15.7. The molecule has 0 atom stereocenters. The molecular weight excluding hydrogens is 828 g/mol. The molecule has 8 nitrogen and oxygen atoms in total. The molecule has 0 unspecified atom stereocenters. The van der Waals surface area contributed by atoms with Crippen molar-refractivity contribution in [3.8, 4) is 55.4 Å². The normalized spacial score (nSPS) is 11.7. The number of Topliss-reactive ketones (excluding diaryl/α,β-unsaturated/α-hetero) is 2. The average molecular weight is 864 g/mol. The van der Waals surface area contributed by atoms with E-state index in [9.17, 15) is 9.90 Å². The SMILES string of the molecule is COc1ccc(-c2cc3ccccc3s2)cc1C(=CC=C(C(=O)c1ccc(Cl)c(Cl)c1O)c1cc(-c2cccs2)ccc1OC)C(=O)c1cc(OC)c(OC)c(OC)c1. The average Bonchev–Trinajstić information content (AvgIpc) is 3.97. The van der Waals surface area contributed by atoms with E-state index in [2.05, 4.69) is 18.2 Å². The maximum absolute atomic E-state index is 15.1. The van der Waals surface area contributed by atoms with E-state index in [-0.39, 0.29) is 43.8 Å². The van der Waals surface area contributed by atoms with E-state index in [0.29, 0.717) is 28.4 Å². The molecule has 0 saturated heterocycles. The van der Waals surface area contributed by atoms with Crippen LogP contribution in [0.2, 0.25) is 10.0 Å². The zero-order valence-corrected chi connectivity index (χ0v) is 35.6. The minimum atomic E-state index is -0.607. The quantitative estimate of drug-likeness (QED) is 0.0655. The van der Waals surface area contributed by atoms with Gasteiger partial charge in [0.05, 0.1) is 46.1 Å². The number of carbonyl (C=O) groups excluding carboxylic acids is 2. The number of halogens is 2. The van der Waals surface area contributed by atoms with Crippen molar-refractivity contribution in [2.24, 2.45) is 0 Å². The van der Waals surface area contributed by atoms with Gasteiger partial charge >= 0.3 is 0 Å². The Morgan fingerprint density at radius 2 is 1.19 bits per heavy atom. The fourth-order valence-corrected chi connectivity index (χ4v) is 8.79. The molecule has 7 aromatic rings. The molecule has 7 rings (SSSR count). The minimum Gasteiger partial charge on any atom is -0.506 e. The Balaban J connectivity index is 1.52. The molecular formula is C47H36Cl2O8S2. The zero-order chi connectivity index (χ0) is 41.8. The second-order valence-electron chi connectivity index (χ2n) is 12.9. The zero-order valence-electron chi connectivity index (χ0n) is 32.4. The molecule has 298 valence electrons. The number of rotatable bonds is 14. The summed E-state index contributed by atoms with van der Waals surface area (Å²) in [5, 5.41) is 14.1. The third-order valence-electron chi connectivity index (χ3n) is 9.64. The molecule has 0 saturated carbocycles. The van der Waals surface area contributed by atoms with Crippen molar-refractivity contribution in [1.82, 2.24) is 0 Å². The van der Waals surface area contributed by atoms with Crippen LogP contribution in [0.25, 0.3) is 42.1 Å². The molecule has 59 heavy (non-hydrogen) atoms. The van der Waals surface area contributed by atoms with Crippen LogP contribution >= 0.6 is 45.9 Å². The number of benzene rings is 5. The number of hydrogen-bond acceptors (Lipinski definition) is 10. The third kappa shape index (κ3) is 8.17. The Kier molecular flexibility index (Phi) is 12.4. The summed E-state index contributed by atoms with van der Waals surface area (Å²) in [4.78, 5) is 31.8. The highest BCUT2D eigenvalue weighted by Gasteiger charge is 2.26. The highest BCUT2D eigenvalue weighted by molar-refractivity contribution is 7.22. The topological polar surface area (TPSA) is 101 Å². The van der Waals surface area contributed by atoms with Gasteiger partial charge < -0.3 is 28.8 Å². The minimum absolute atomic E-state index is 0.0762. The van der Waals surface area contributed by atoms with Gasteiger partial charge in [0.25, 0.3) is 0 Å². The van der Waals surface area contributed by atoms with Gasteiger partial charge in [-0.15, -0.1) is 22.7 Å². The molecule has 0 bridgehead atoms. The van der Waals surface area contributed by atoms with Crippen LogP contribution in [0.5, 0.6) is 34.5 Å². The number of ether oxygens (including phenoxy) is 5. The lowest BCUT2D eigenvalue weighted by Crippen LogP contribution is -2.08. The van der Waals surface area contributed by atoms with Crippen LogP contribution in [0.3, 0.4) is 0 Å². The number of phenols is 1. The lowest BCUT2D eigenvalue weighted by atomic mass is 9.90. The summed E-state index contributed by atoms with van der Waals surface area (Å²) in [5.74, 6) is 0.101. The number of aromatic hydroxyl groups is 1. The Morgan fingerprint density at radius 3 is 1.75 bits per heavy atom. The van der Waals surface area contributed by atoms with Crippen LogP contribution in [0, 0.1) is 0 Å². The van der Waals surface area contributed by atoms with Gasteiger partial charge in [0.2, 0.25) is 5.75 Å². The first-order valence-corrected chi connectivity index (χ1v) is 20.4. The number of ketones is 2. The number of thiophene rings is 2. The van der Waals surface area contributed by atoms with E-state index in [1.54, 1.807) is 35.6 Å². The Labute approximate surface area is 359 Å². The molecule has 0 radical (unpaired) electrons. The summed E-state index contributed by atoms with van der Waals surface area (Å²) in [6, 6.07) is 31.2. The summed E-state index contributed by atoms with van der Waals surface area (Å²) in [7, 11) is 7.45. The van der Waals surface area contributed by atoms with Crippen molar-refractivity contribution in [2.75, 3.05) is 35.5 Å². The smallest absolute Gasteiger partial charge is 0.203 e. The Morgan fingerprint density at radius 1 is 0.593 bits per heavy atom. The van der Waals surface area contributed by atoms with Gasteiger partial charge in [-0.3, -0.25) is 9.59 Å². The van der Waals surface area contributed by atoms with Gasteiger partial charge in [0.1, 0.15) is 22.3 Å². The Bertz CT molecular complexity index is 2730. The van der Waals surface area contributed by atoms with E-state index in [0.717, 1.165) is 31.0 Å². The van der Waals surface area contributed by atoms with E-state index in [1.165, 1.54) is 65.1 Å². The highest BCUT2D eigenvalue weighted by atomic mass is 35.5. The molecule has 2 heterocycles. The monoisotopic (exact) mass is 862 g/mol.